The Morgan fingerprint density at radius 3 is 2.71 bits per heavy atom. The van der Waals surface area contributed by atoms with Crippen molar-refractivity contribution in [2.24, 2.45) is 17.3 Å². The van der Waals surface area contributed by atoms with Gasteiger partial charge in [0.25, 0.3) is 0 Å². The summed E-state index contributed by atoms with van der Waals surface area (Å²) in [4.78, 5) is 38.0. The molecule has 0 radical (unpaired) electrons. The molecule has 0 saturated heterocycles. The average molecular weight is 310 g/mol. The van der Waals surface area contributed by atoms with E-state index in [2.05, 4.69) is 25.3 Å². The largest absolute Gasteiger partial charge is 0.481 e. The molecular formula is C12H12ClN5O3. The Morgan fingerprint density at radius 2 is 2.10 bits per heavy atom. The van der Waals surface area contributed by atoms with Gasteiger partial charge in [0, 0.05) is 0 Å². The smallest absolute Gasteiger partial charge is 0.307 e. The Kier molecular flexibility index (Phi) is 2.87. The monoisotopic (exact) mass is 309 g/mol. The van der Waals surface area contributed by atoms with Crippen LogP contribution in [0.3, 0.4) is 0 Å². The van der Waals surface area contributed by atoms with Gasteiger partial charge in [-0.1, -0.05) is 25.4 Å². The van der Waals surface area contributed by atoms with E-state index in [1.54, 1.807) is 13.8 Å². The van der Waals surface area contributed by atoms with E-state index in [9.17, 15) is 9.59 Å². The number of rotatable bonds is 3. The number of anilines is 1. The lowest BCUT2D eigenvalue weighted by molar-refractivity contribution is -0.140. The van der Waals surface area contributed by atoms with Gasteiger partial charge in [0.15, 0.2) is 10.8 Å². The Bertz CT molecular complexity index is 756. The first-order chi connectivity index (χ1) is 9.82. The lowest BCUT2D eigenvalue weighted by Crippen LogP contribution is -2.19. The van der Waals surface area contributed by atoms with Crippen LogP contribution in [0.5, 0.6) is 0 Å². The second-order valence-electron chi connectivity index (χ2n) is 5.54. The summed E-state index contributed by atoms with van der Waals surface area (Å²) < 4.78 is 0. The maximum Gasteiger partial charge on any atom is 0.307 e. The zero-order valence-electron chi connectivity index (χ0n) is 11.2. The number of carboxylic acids is 1. The Balaban J connectivity index is 1.83. The van der Waals surface area contributed by atoms with Crippen LogP contribution in [0.4, 0.5) is 5.95 Å². The number of carboxylic acid groups (broad SMARTS) is 1. The molecule has 8 nitrogen and oxygen atoms in total. The van der Waals surface area contributed by atoms with Crippen molar-refractivity contribution >= 4 is 40.6 Å². The molecule has 0 bridgehead atoms. The quantitative estimate of drug-likeness (QED) is 0.735. The van der Waals surface area contributed by atoms with Gasteiger partial charge in [-0.2, -0.15) is 9.97 Å². The molecule has 2 unspecified atom stereocenters. The topological polar surface area (TPSA) is 121 Å². The number of carbonyl (C=O) groups excluding carboxylic acids is 1. The van der Waals surface area contributed by atoms with Crippen molar-refractivity contribution in [1.82, 2.24) is 19.9 Å². The van der Waals surface area contributed by atoms with E-state index < -0.39 is 29.1 Å². The fraction of sp³-hybridized carbons (Fsp3) is 0.417. The SMILES string of the molecule is CC1(C)C(C(=O)O)C1C(=O)Nc1nc(Cl)c2[nH]cnc2n1. The van der Waals surface area contributed by atoms with Crippen LogP contribution < -0.4 is 5.32 Å². The van der Waals surface area contributed by atoms with Gasteiger partial charge < -0.3 is 10.1 Å². The molecule has 110 valence electrons. The summed E-state index contributed by atoms with van der Waals surface area (Å²) in [7, 11) is 0. The van der Waals surface area contributed by atoms with Crippen molar-refractivity contribution in [3.63, 3.8) is 0 Å². The predicted molar refractivity (Wildman–Crippen MR) is 73.7 cm³/mol. The van der Waals surface area contributed by atoms with Crippen LogP contribution in [-0.4, -0.2) is 36.9 Å². The molecule has 9 heteroatoms. The van der Waals surface area contributed by atoms with Crippen LogP contribution in [0.15, 0.2) is 6.33 Å². The van der Waals surface area contributed by atoms with Gasteiger partial charge in [-0.15, -0.1) is 0 Å². The zero-order valence-corrected chi connectivity index (χ0v) is 12.0. The lowest BCUT2D eigenvalue weighted by Gasteiger charge is -2.04. The number of imidazole rings is 1. The average Bonchev–Trinajstić information content (AvgIpc) is 2.74. The number of aliphatic carboxylic acids is 1. The molecular weight excluding hydrogens is 298 g/mol. The molecule has 1 aliphatic rings. The first-order valence-electron chi connectivity index (χ1n) is 6.22. The molecule has 1 aliphatic carbocycles. The third kappa shape index (κ3) is 2.11. The van der Waals surface area contributed by atoms with Crippen molar-refractivity contribution in [1.29, 1.82) is 0 Å². The van der Waals surface area contributed by atoms with Crippen molar-refractivity contribution in [2.75, 3.05) is 5.32 Å². The minimum absolute atomic E-state index is 0.0106. The molecule has 21 heavy (non-hydrogen) atoms. The molecule has 2 heterocycles. The molecule has 0 aromatic carbocycles. The Morgan fingerprint density at radius 1 is 1.38 bits per heavy atom. The number of fused-ring (bicyclic) bond motifs is 1. The third-order valence-corrected chi connectivity index (χ3v) is 4.13. The Hall–Kier alpha value is -2.22. The lowest BCUT2D eigenvalue weighted by atomic mass is 10.1. The van der Waals surface area contributed by atoms with E-state index in [4.69, 9.17) is 16.7 Å². The molecule has 3 rings (SSSR count). The fourth-order valence-corrected chi connectivity index (χ4v) is 2.85. The van der Waals surface area contributed by atoms with Gasteiger partial charge in [0.05, 0.1) is 18.2 Å². The number of nitrogens with zero attached hydrogens (tertiary/aromatic N) is 3. The molecule has 0 spiro atoms. The minimum Gasteiger partial charge on any atom is -0.481 e. The molecule has 1 fully saturated rings. The number of aromatic nitrogens is 4. The van der Waals surface area contributed by atoms with Crippen molar-refractivity contribution < 1.29 is 14.7 Å². The van der Waals surface area contributed by atoms with Crippen LogP contribution in [-0.2, 0) is 9.59 Å². The van der Waals surface area contributed by atoms with Crippen LogP contribution in [0, 0.1) is 17.3 Å². The second-order valence-corrected chi connectivity index (χ2v) is 5.90. The summed E-state index contributed by atoms with van der Waals surface area (Å²) in [6, 6.07) is 0. The van der Waals surface area contributed by atoms with Crippen molar-refractivity contribution in [3.8, 4) is 0 Å². The van der Waals surface area contributed by atoms with E-state index >= 15 is 0 Å². The summed E-state index contributed by atoms with van der Waals surface area (Å²) in [5.41, 5.74) is 0.218. The second kappa shape index (κ2) is 4.39. The zero-order chi connectivity index (χ0) is 15.4. The highest BCUT2D eigenvalue weighted by Gasteiger charge is 2.66. The molecule has 2 aromatic heterocycles. The number of hydrogen-bond donors (Lipinski definition) is 3. The van der Waals surface area contributed by atoms with Gasteiger partial charge in [0.1, 0.15) is 5.52 Å². The first-order valence-corrected chi connectivity index (χ1v) is 6.60. The summed E-state index contributed by atoms with van der Waals surface area (Å²) >= 11 is 5.95. The van der Waals surface area contributed by atoms with E-state index in [1.807, 2.05) is 0 Å². The number of amides is 1. The van der Waals surface area contributed by atoms with Gasteiger partial charge in [-0.3, -0.25) is 14.9 Å². The van der Waals surface area contributed by atoms with Crippen LogP contribution in [0.2, 0.25) is 5.15 Å². The Labute approximate surface area is 124 Å². The molecule has 1 amide bonds. The van der Waals surface area contributed by atoms with E-state index in [0.717, 1.165) is 0 Å². The van der Waals surface area contributed by atoms with Gasteiger partial charge >= 0.3 is 5.97 Å². The highest BCUT2D eigenvalue weighted by Crippen LogP contribution is 2.58. The van der Waals surface area contributed by atoms with Gasteiger partial charge in [-0.05, 0) is 5.41 Å². The van der Waals surface area contributed by atoms with Crippen LogP contribution in [0.25, 0.3) is 11.2 Å². The molecule has 1 saturated carbocycles. The van der Waals surface area contributed by atoms with Crippen LogP contribution >= 0.6 is 11.6 Å². The van der Waals surface area contributed by atoms with Gasteiger partial charge in [-0.25, -0.2) is 4.98 Å². The minimum atomic E-state index is -0.984. The van der Waals surface area contributed by atoms with Crippen molar-refractivity contribution in [2.45, 2.75) is 13.8 Å². The van der Waals surface area contributed by atoms with E-state index in [0.29, 0.717) is 11.2 Å². The normalized spacial score (nSPS) is 23.0. The maximum atomic E-state index is 12.2. The number of nitrogens with one attached hydrogen (secondary N) is 2. The number of aromatic amines is 1. The summed E-state index contributed by atoms with van der Waals surface area (Å²) in [5, 5.41) is 11.7. The molecule has 3 N–H and O–H groups in total. The number of carbonyl (C=O) groups is 2. The number of halogens is 1. The third-order valence-electron chi connectivity index (χ3n) is 3.85. The van der Waals surface area contributed by atoms with E-state index in [-0.39, 0.29) is 11.1 Å². The molecule has 0 aliphatic heterocycles. The summed E-state index contributed by atoms with van der Waals surface area (Å²) in [6.07, 6.45) is 1.42. The maximum absolute atomic E-state index is 12.2. The fourth-order valence-electron chi connectivity index (χ4n) is 2.63. The summed E-state index contributed by atoms with van der Waals surface area (Å²) in [6.45, 7) is 3.47. The van der Waals surface area contributed by atoms with E-state index in [1.165, 1.54) is 6.33 Å². The number of H-pyrrole nitrogens is 1. The molecule has 2 aromatic rings. The first kappa shape index (κ1) is 13.7. The van der Waals surface area contributed by atoms with Gasteiger partial charge in [0.2, 0.25) is 11.9 Å². The highest BCUT2D eigenvalue weighted by atomic mass is 35.5. The number of hydrogen-bond acceptors (Lipinski definition) is 5. The highest BCUT2D eigenvalue weighted by molar-refractivity contribution is 6.33. The predicted octanol–water partition coefficient (Wildman–Crippen LogP) is 1.30. The van der Waals surface area contributed by atoms with Crippen LogP contribution in [0.1, 0.15) is 13.8 Å². The molecule has 2 atom stereocenters. The summed E-state index contributed by atoms with van der Waals surface area (Å²) in [5.74, 6) is -2.73. The van der Waals surface area contributed by atoms with Crippen molar-refractivity contribution in [3.05, 3.63) is 11.5 Å². The standard InChI is InChI=1S/C12H12ClN5O3/c1-12(2)4(5(12)10(20)21)9(19)18-11-16-7(13)6-8(17-11)15-3-14-6/h3-5H,1-2H3,(H,20,21)(H2,14,15,16,17,18,19).